The SMILES string of the molecule is O=C1NCC=CN1CCO. The molecule has 0 bridgehead atoms. The largest absolute Gasteiger partial charge is 0.395 e. The van der Waals surface area contributed by atoms with Crippen molar-refractivity contribution < 1.29 is 9.90 Å². The van der Waals surface area contributed by atoms with Crippen LogP contribution in [-0.4, -0.2) is 35.7 Å². The number of nitrogens with zero attached hydrogens (tertiary/aromatic N) is 1. The van der Waals surface area contributed by atoms with Crippen molar-refractivity contribution in [2.75, 3.05) is 19.7 Å². The van der Waals surface area contributed by atoms with Crippen LogP contribution in [0.5, 0.6) is 0 Å². The Hall–Kier alpha value is -1.03. The van der Waals surface area contributed by atoms with E-state index in [1.807, 2.05) is 6.08 Å². The van der Waals surface area contributed by atoms with Crippen molar-refractivity contribution in [1.82, 2.24) is 10.2 Å². The van der Waals surface area contributed by atoms with Gasteiger partial charge in [0.05, 0.1) is 13.2 Å². The van der Waals surface area contributed by atoms with Gasteiger partial charge in [-0.15, -0.1) is 0 Å². The summed E-state index contributed by atoms with van der Waals surface area (Å²) in [5.74, 6) is 0. The number of carbonyl (C=O) groups excluding carboxylic acids is 1. The van der Waals surface area contributed by atoms with E-state index in [0.717, 1.165) is 0 Å². The molecule has 0 saturated carbocycles. The molecule has 0 fully saturated rings. The molecule has 1 aliphatic heterocycles. The molecule has 0 saturated heterocycles. The third-order valence-electron chi connectivity index (χ3n) is 1.26. The van der Waals surface area contributed by atoms with Crippen LogP contribution in [0.1, 0.15) is 0 Å². The van der Waals surface area contributed by atoms with E-state index in [-0.39, 0.29) is 12.6 Å². The lowest BCUT2D eigenvalue weighted by molar-refractivity contribution is 0.197. The fourth-order valence-electron chi connectivity index (χ4n) is 0.779. The Kier molecular flexibility index (Phi) is 2.28. The molecule has 0 unspecified atom stereocenters. The van der Waals surface area contributed by atoms with Gasteiger partial charge >= 0.3 is 6.03 Å². The van der Waals surface area contributed by atoms with E-state index < -0.39 is 0 Å². The number of rotatable bonds is 2. The maximum atomic E-state index is 10.8. The molecule has 0 atom stereocenters. The van der Waals surface area contributed by atoms with Crippen molar-refractivity contribution in [3.05, 3.63) is 12.3 Å². The molecule has 56 valence electrons. The van der Waals surface area contributed by atoms with Gasteiger partial charge in [-0.25, -0.2) is 4.79 Å². The number of carbonyl (C=O) groups is 1. The summed E-state index contributed by atoms with van der Waals surface area (Å²) in [7, 11) is 0. The van der Waals surface area contributed by atoms with Crippen molar-refractivity contribution in [2.45, 2.75) is 0 Å². The number of hydrogen-bond donors (Lipinski definition) is 2. The summed E-state index contributed by atoms with van der Waals surface area (Å²) in [6, 6.07) is -0.142. The highest BCUT2D eigenvalue weighted by Crippen LogP contribution is 1.94. The lowest BCUT2D eigenvalue weighted by atomic mass is 10.4. The molecule has 0 radical (unpaired) electrons. The monoisotopic (exact) mass is 142 g/mol. The molecule has 1 rings (SSSR count). The van der Waals surface area contributed by atoms with E-state index in [4.69, 9.17) is 5.11 Å². The predicted molar refractivity (Wildman–Crippen MR) is 36.3 cm³/mol. The Bertz CT molecular complexity index is 156. The topological polar surface area (TPSA) is 52.6 Å². The van der Waals surface area contributed by atoms with Crippen LogP contribution >= 0.6 is 0 Å². The summed E-state index contributed by atoms with van der Waals surface area (Å²) in [6.45, 7) is 0.945. The second-order valence-corrected chi connectivity index (χ2v) is 1.99. The van der Waals surface area contributed by atoms with E-state index in [9.17, 15) is 4.79 Å². The fourth-order valence-corrected chi connectivity index (χ4v) is 0.779. The summed E-state index contributed by atoms with van der Waals surface area (Å²) in [5.41, 5.74) is 0. The first kappa shape index (κ1) is 7.08. The zero-order chi connectivity index (χ0) is 7.40. The molecular formula is C6H10N2O2. The van der Waals surface area contributed by atoms with Crippen molar-refractivity contribution in [3.8, 4) is 0 Å². The van der Waals surface area contributed by atoms with Gasteiger partial charge in [-0.3, -0.25) is 4.90 Å². The van der Waals surface area contributed by atoms with E-state index >= 15 is 0 Å². The van der Waals surface area contributed by atoms with E-state index in [1.165, 1.54) is 4.90 Å². The van der Waals surface area contributed by atoms with Crippen molar-refractivity contribution in [3.63, 3.8) is 0 Å². The van der Waals surface area contributed by atoms with Crippen molar-refractivity contribution >= 4 is 6.03 Å². The highest BCUT2D eigenvalue weighted by molar-refractivity contribution is 5.76. The Balaban J connectivity index is 2.47. The molecular weight excluding hydrogens is 132 g/mol. The zero-order valence-corrected chi connectivity index (χ0v) is 5.58. The number of amides is 2. The molecule has 2 N–H and O–H groups in total. The van der Waals surface area contributed by atoms with Gasteiger partial charge in [0.2, 0.25) is 0 Å². The zero-order valence-electron chi connectivity index (χ0n) is 5.58. The third kappa shape index (κ3) is 1.48. The van der Waals surface area contributed by atoms with Crippen LogP contribution in [0.15, 0.2) is 12.3 Å². The fraction of sp³-hybridized carbons (Fsp3) is 0.500. The van der Waals surface area contributed by atoms with Gasteiger partial charge in [0.15, 0.2) is 0 Å². The first-order valence-corrected chi connectivity index (χ1v) is 3.16. The average Bonchev–Trinajstić information content (AvgIpc) is 1.94. The summed E-state index contributed by atoms with van der Waals surface area (Å²) in [6.07, 6.45) is 3.51. The lowest BCUT2D eigenvalue weighted by Gasteiger charge is -2.20. The minimum atomic E-state index is -0.142. The molecule has 4 heteroatoms. The van der Waals surface area contributed by atoms with Crippen LogP contribution in [0.3, 0.4) is 0 Å². The second-order valence-electron chi connectivity index (χ2n) is 1.99. The Morgan fingerprint density at radius 1 is 1.80 bits per heavy atom. The van der Waals surface area contributed by atoms with Gasteiger partial charge in [-0.2, -0.15) is 0 Å². The number of urea groups is 1. The summed E-state index contributed by atoms with van der Waals surface area (Å²) in [5, 5.41) is 11.1. The van der Waals surface area contributed by atoms with Gasteiger partial charge in [-0.05, 0) is 6.08 Å². The van der Waals surface area contributed by atoms with E-state index in [1.54, 1.807) is 6.20 Å². The second kappa shape index (κ2) is 3.22. The molecule has 0 aromatic carbocycles. The highest BCUT2D eigenvalue weighted by atomic mass is 16.3. The summed E-state index contributed by atoms with van der Waals surface area (Å²) in [4.78, 5) is 12.3. The molecule has 0 aromatic rings. The van der Waals surface area contributed by atoms with Crippen molar-refractivity contribution in [2.24, 2.45) is 0 Å². The van der Waals surface area contributed by atoms with Gasteiger partial charge in [-0.1, -0.05) is 0 Å². The molecule has 1 heterocycles. The number of aliphatic hydroxyl groups excluding tert-OH is 1. The number of β-amino-alcohol motifs (C(OH)–C–C–N with tert-alkyl or cyclic N) is 1. The van der Waals surface area contributed by atoms with Crippen LogP contribution in [-0.2, 0) is 0 Å². The first-order valence-electron chi connectivity index (χ1n) is 3.16. The number of aliphatic hydroxyl groups is 1. The molecule has 10 heavy (non-hydrogen) atoms. The number of hydrogen-bond acceptors (Lipinski definition) is 2. The Morgan fingerprint density at radius 2 is 2.60 bits per heavy atom. The van der Waals surface area contributed by atoms with Crippen LogP contribution in [0.2, 0.25) is 0 Å². The first-order chi connectivity index (χ1) is 4.84. The van der Waals surface area contributed by atoms with Crippen LogP contribution in [0.4, 0.5) is 4.79 Å². The normalized spacial score (nSPS) is 17.3. The van der Waals surface area contributed by atoms with Crippen LogP contribution in [0, 0.1) is 0 Å². The summed E-state index contributed by atoms with van der Waals surface area (Å²) < 4.78 is 0. The molecule has 2 amide bonds. The Morgan fingerprint density at radius 3 is 3.20 bits per heavy atom. The third-order valence-corrected chi connectivity index (χ3v) is 1.26. The van der Waals surface area contributed by atoms with Crippen LogP contribution < -0.4 is 5.32 Å². The highest BCUT2D eigenvalue weighted by Gasteiger charge is 2.10. The lowest BCUT2D eigenvalue weighted by Crippen LogP contribution is -2.41. The smallest absolute Gasteiger partial charge is 0.321 e. The summed E-state index contributed by atoms with van der Waals surface area (Å²) >= 11 is 0. The minimum Gasteiger partial charge on any atom is -0.395 e. The van der Waals surface area contributed by atoms with Gasteiger partial charge < -0.3 is 10.4 Å². The molecule has 4 nitrogen and oxygen atoms in total. The van der Waals surface area contributed by atoms with Gasteiger partial charge in [0, 0.05) is 12.7 Å². The minimum absolute atomic E-state index is 0.00222. The molecule has 0 aliphatic carbocycles. The average molecular weight is 142 g/mol. The van der Waals surface area contributed by atoms with Gasteiger partial charge in [0.25, 0.3) is 0 Å². The standard InChI is InChI=1S/C6H10N2O2/c9-5-4-8-3-1-2-7-6(8)10/h1,3,9H,2,4-5H2,(H,7,10). The van der Waals surface area contributed by atoms with E-state index in [2.05, 4.69) is 5.32 Å². The van der Waals surface area contributed by atoms with Crippen LogP contribution in [0.25, 0.3) is 0 Å². The van der Waals surface area contributed by atoms with E-state index in [0.29, 0.717) is 13.1 Å². The van der Waals surface area contributed by atoms with Gasteiger partial charge in [0.1, 0.15) is 0 Å². The predicted octanol–water partition coefficient (Wildman–Crippen LogP) is -0.482. The molecule has 0 spiro atoms. The quantitative estimate of drug-likeness (QED) is 0.547. The maximum Gasteiger partial charge on any atom is 0.321 e. The molecule has 1 aliphatic rings. The molecule has 0 aromatic heterocycles. The number of nitrogens with one attached hydrogen (secondary N) is 1. The van der Waals surface area contributed by atoms with Crippen molar-refractivity contribution in [1.29, 1.82) is 0 Å². The maximum absolute atomic E-state index is 10.8. The Labute approximate surface area is 59.1 Å².